The third-order valence-electron chi connectivity index (χ3n) is 4.87. The van der Waals surface area contributed by atoms with Crippen LogP contribution in [0.25, 0.3) is 0 Å². The molecule has 0 amide bonds. The van der Waals surface area contributed by atoms with Crippen molar-refractivity contribution in [3.05, 3.63) is 0 Å². The predicted octanol–water partition coefficient (Wildman–Crippen LogP) is 2.66. The summed E-state index contributed by atoms with van der Waals surface area (Å²) in [7, 11) is 4.50. The first-order valence-corrected chi connectivity index (χ1v) is 6.75. The molecule has 0 bridgehead atoms. The van der Waals surface area contributed by atoms with E-state index in [1.807, 2.05) is 6.92 Å². The van der Waals surface area contributed by atoms with Gasteiger partial charge in [0.15, 0.2) is 0 Å². The highest BCUT2D eigenvalue weighted by molar-refractivity contribution is 4.91. The van der Waals surface area contributed by atoms with Gasteiger partial charge in [-0.15, -0.1) is 0 Å². The summed E-state index contributed by atoms with van der Waals surface area (Å²) in [4.78, 5) is 0. The van der Waals surface area contributed by atoms with Crippen molar-refractivity contribution in [2.45, 2.75) is 58.6 Å². The van der Waals surface area contributed by atoms with Crippen LogP contribution in [0.4, 0.5) is 0 Å². The van der Waals surface area contributed by atoms with Gasteiger partial charge in [-0.25, -0.2) is 0 Å². The summed E-state index contributed by atoms with van der Waals surface area (Å²) in [6.07, 6.45) is 3.32. The summed E-state index contributed by atoms with van der Waals surface area (Å²) in [6, 6.07) is 0.388. The van der Waals surface area contributed by atoms with Crippen LogP contribution in [-0.4, -0.2) is 41.9 Å². The summed E-state index contributed by atoms with van der Waals surface area (Å²) in [6.45, 7) is 9.96. The lowest BCUT2D eigenvalue weighted by Gasteiger charge is -2.49. The molecule has 1 saturated carbocycles. The second-order valence-electron chi connectivity index (χ2n) is 6.75. The molecule has 2 heteroatoms. The van der Waals surface area contributed by atoms with Crippen molar-refractivity contribution in [1.29, 1.82) is 0 Å². The van der Waals surface area contributed by atoms with Crippen LogP contribution in [0.2, 0.25) is 0 Å². The van der Waals surface area contributed by atoms with Gasteiger partial charge in [0.1, 0.15) is 11.6 Å². The summed E-state index contributed by atoms with van der Waals surface area (Å²) in [5.41, 5.74) is -0.481. The van der Waals surface area contributed by atoms with Crippen LogP contribution in [0, 0.1) is 11.8 Å². The van der Waals surface area contributed by atoms with E-state index in [4.69, 9.17) is 0 Å². The van der Waals surface area contributed by atoms with Gasteiger partial charge in [-0.05, 0) is 38.5 Å². The molecule has 0 saturated heterocycles. The van der Waals surface area contributed by atoms with Gasteiger partial charge in [0.25, 0.3) is 0 Å². The van der Waals surface area contributed by atoms with E-state index in [1.165, 1.54) is 12.8 Å². The van der Waals surface area contributed by atoms with Gasteiger partial charge in [-0.2, -0.15) is 0 Å². The average Bonchev–Trinajstić information content (AvgIpc) is 2.16. The van der Waals surface area contributed by atoms with Crippen LogP contribution in [0.15, 0.2) is 0 Å². The highest BCUT2D eigenvalue weighted by Crippen LogP contribution is 2.39. The number of aliphatic hydroxyl groups is 1. The van der Waals surface area contributed by atoms with Crippen molar-refractivity contribution >= 4 is 0 Å². The van der Waals surface area contributed by atoms with Crippen LogP contribution in [-0.2, 0) is 0 Å². The Kier molecular flexibility index (Phi) is 4.07. The van der Waals surface area contributed by atoms with Crippen molar-refractivity contribution < 1.29 is 9.59 Å². The van der Waals surface area contributed by atoms with Gasteiger partial charge in [-0.1, -0.05) is 13.8 Å². The minimum atomic E-state index is -0.481. The molecule has 2 nitrogen and oxygen atoms in total. The molecule has 1 rings (SSSR count). The van der Waals surface area contributed by atoms with Gasteiger partial charge < -0.3 is 9.59 Å². The number of nitrogens with zero attached hydrogens (tertiary/aromatic N) is 1. The molecular formula is C14H30NO+. The Morgan fingerprint density at radius 3 is 2.38 bits per heavy atom. The van der Waals surface area contributed by atoms with Crippen molar-refractivity contribution in [1.82, 2.24) is 0 Å². The minimum absolute atomic E-state index is 0.388. The molecule has 0 aliphatic heterocycles. The second kappa shape index (κ2) is 4.66. The molecule has 3 atom stereocenters. The highest BCUT2D eigenvalue weighted by atomic mass is 16.3. The molecule has 0 aromatic rings. The zero-order valence-corrected chi connectivity index (χ0v) is 12.0. The van der Waals surface area contributed by atoms with Gasteiger partial charge in [-0.3, -0.25) is 0 Å². The van der Waals surface area contributed by atoms with E-state index in [-0.39, 0.29) is 0 Å². The maximum atomic E-state index is 10.6. The Labute approximate surface area is 101 Å². The zero-order chi connectivity index (χ0) is 12.6. The maximum Gasteiger partial charge on any atom is 0.118 e. The van der Waals surface area contributed by atoms with Crippen molar-refractivity contribution in [3.8, 4) is 0 Å². The summed E-state index contributed by atoms with van der Waals surface area (Å²) < 4.78 is 0.941. The van der Waals surface area contributed by atoms with Gasteiger partial charge >= 0.3 is 0 Å². The zero-order valence-electron chi connectivity index (χ0n) is 12.0. The average molecular weight is 228 g/mol. The lowest BCUT2D eigenvalue weighted by Crippen LogP contribution is -2.62. The summed E-state index contributed by atoms with van der Waals surface area (Å²) >= 11 is 0. The Morgan fingerprint density at radius 1 is 1.38 bits per heavy atom. The van der Waals surface area contributed by atoms with Crippen molar-refractivity contribution in [2.75, 3.05) is 20.6 Å². The smallest absolute Gasteiger partial charge is 0.118 e. The first-order valence-electron chi connectivity index (χ1n) is 6.75. The lowest BCUT2D eigenvalue weighted by molar-refractivity contribution is -0.922. The van der Waals surface area contributed by atoms with Gasteiger partial charge in [0.2, 0.25) is 0 Å². The van der Waals surface area contributed by atoms with E-state index in [0.29, 0.717) is 6.04 Å². The van der Waals surface area contributed by atoms with E-state index in [1.54, 1.807) is 0 Å². The highest BCUT2D eigenvalue weighted by Gasteiger charge is 2.47. The molecule has 0 radical (unpaired) electrons. The Bertz CT molecular complexity index is 225. The standard InChI is InChI=1S/C14H30NO/c1-7-15(5,6)13-10-12(11(2)3)8-9-14(13,4)16/h11-13,16H,7-10H2,1-6H3/q+1. The fourth-order valence-corrected chi connectivity index (χ4v) is 3.17. The van der Waals surface area contributed by atoms with Gasteiger partial charge in [0.05, 0.1) is 20.6 Å². The Hall–Kier alpha value is -0.0800. The molecule has 16 heavy (non-hydrogen) atoms. The fraction of sp³-hybridized carbons (Fsp3) is 1.00. The summed E-state index contributed by atoms with van der Waals surface area (Å²) in [5, 5.41) is 10.6. The fourth-order valence-electron chi connectivity index (χ4n) is 3.17. The summed E-state index contributed by atoms with van der Waals surface area (Å²) in [5.74, 6) is 1.53. The Morgan fingerprint density at radius 2 is 1.94 bits per heavy atom. The largest absolute Gasteiger partial charge is 0.384 e. The van der Waals surface area contributed by atoms with Crippen LogP contribution in [0.3, 0.4) is 0 Å². The third kappa shape index (κ3) is 2.78. The SMILES string of the molecule is CC[N+](C)(C)C1CC(C(C)C)CCC1(C)O. The topological polar surface area (TPSA) is 20.2 Å². The molecule has 1 fully saturated rings. The van der Waals surface area contributed by atoms with Crippen LogP contribution < -0.4 is 0 Å². The normalized spacial score (nSPS) is 36.8. The minimum Gasteiger partial charge on any atom is -0.384 e. The molecule has 0 aromatic carbocycles. The number of hydrogen-bond acceptors (Lipinski definition) is 1. The molecule has 1 aliphatic carbocycles. The second-order valence-corrected chi connectivity index (χ2v) is 6.75. The molecule has 0 heterocycles. The molecule has 96 valence electrons. The van der Waals surface area contributed by atoms with Gasteiger partial charge in [0, 0.05) is 6.42 Å². The first kappa shape index (κ1) is 14.0. The molecule has 1 N–H and O–H groups in total. The molecule has 3 unspecified atom stereocenters. The first-order chi connectivity index (χ1) is 7.20. The van der Waals surface area contributed by atoms with E-state index in [2.05, 4.69) is 34.9 Å². The van der Waals surface area contributed by atoms with Crippen LogP contribution >= 0.6 is 0 Å². The van der Waals surface area contributed by atoms with E-state index < -0.39 is 5.60 Å². The quantitative estimate of drug-likeness (QED) is 0.736. The lowest BCUT2D eigenvalue weighted by atomic mass is 9.71. The van der Waals surface area contributed by atoms with Crippen molar-refractivity contribution in [2.24, 2.45) is 11.8 Å². The number of rotatable bonds is 3. The number of likely N-dealkylation sites (N-methyl/N-ethyl adjacent to an activating group) is 1. The molecular weight excluding hydrogens is 198 g/mol. The van der Waals surface area contributed by atoms with E-state index >= 15 is 0 Å². The number of hydrogen-bond donors (Lipinski definition) is 1. The van der Waals surface area contributed by atoms with Crippen LogP contribution in [0.1, 0.15) is 47.0 Å². The monoisotopic (exact) mass is 228 g/mol. The third-order valence-corrected chi connectivity index (χ3v) is 4.87. The Balaban J connectivity index is 2.84. The van der Waals surface area contributed by atoms with Crippen molar-refractivity contribution in [3.63, 3.8) is 0 Å². The van der Waals surface area contributed by atoms with E-state index in [0.717, 1.165) is 29.3 Å². The number of quaternary nitrogens is 1. The molecule has 0 spiro atoms. The maximum absolute atomic E-state index is 10.6. The van der Waals surface area contributed by atoms with Crippen LogP contribution in [0.5, 0.6) is 0 Å². The van der Waals surface area contributed by atoms with E-state index in [9.17, 15) is 5.11 Å². The molecule has 1 aliphatic rings. The predicted molar refractivity (Wildman–Crippen MR) is 69.2 cm³/mol. The molecule has 0 aromatic heterocycles.